The highest BCUT2D eigenvalue weighted by Gasteiger charge is 2.18. The van der Waals surface area contributed by atoms with Crippen LogP contribution in [-0.2, 0) is 0 Å². The summed E-state index contributed by atoms with van der Waals surface area (Å²) < 4.78 is 13.9. The van der Waals surface area contributed by atoms with E-state index >= 15 is 0 Å². The van der Waals surface area contributed by atoms with Crippen molar-refractivity contribution in [3.05, 3.63) is 71.5 Å². The number of hydrogen-bond donors (Lipinski definition) is 2. The Labute approximate surface area is 119 Å². The van der Waals surface area contributed by atoms with Crippen LogP contribution in [0, 0.1) is 5.82 Å². The highest BCUT2D eigenvalue weighted by atomic mass is 19.1. The molecule has 0 aliphatic carbocycles. The first-order valence-corrected chi connectivity index (χ1v) is 6.92. The molecule has 1 unspecified atom stereocenters. The van der Waals surface area contributed by atoms with Crippen molar-refractivity contribution in [2.75, 3.05) is 6.61 Å². The lowest BCUT2D eigenvalue weighted by molar-refractivity contribution is 0.231. The first kappa shape index (κ1) is 14.7. The predicted molar refractivity (Wildman–Crippen MR) is 78.8 cm³/mol. The fraction of sp³-hybridized carbons (Fsp3) is 0.294. The van der Waals surface area contributed by atoms with Gasteiger partial charge in [-0.3, -0.25) is 0 Å². The second kappa shape index (κ2) is 7.17. The Bertz CT molecular complexity index is 530. The fourth-order valence-electron chi connectivity index (χ4n) is 2.37. The van der Waals surface area contributed by atoms with Crippen LogP contribution in [0.3, 0.4) is 0 Å². The molecule has 0 radical (unpaired) electrons. The zero-order valence-corrected chi connectivity index (χ0v) is 11.6. The van der Waals surface area contributed by atoms with Crippen LogP contribution in [0.2, 0.25) is 0 Å². The van der Waals surface area contributed by atoms with Gasteiger partial charge >= 0.3 is 0 Å². The van der Waals surface area contributed by atoms with Crippen molar-refractivity contribution in [1.29, 1.82) is 0 Å². The molecule has 20 heavy (non-hydrogen) atoms. The van der Waals surface area contributed by atoms with Crippen LogP contribution in [0.4, 0.5) is 4.39 Å². The SMILES string of the molecule is CCC(N[C@H](CO)c1ccccc1)c1ccccc1F. The van der Waals surface area contributed by atoms with Crippen molar-refractivity contribution in [3.8, 4) is 0 Å². The van der Waals surface area contributed by atoms with E-state index in [1.807, 2.05) is 43.3 Å². The number of rotatable bonds is 6. The summed E-state index contributed by atoms with van der Waals surface area (Å²) in [4.78, 5) is 0. The van der Waals surface area contributed by atoms with E-state index in [2.05, 4.69) is 5.32 Å². The average Bonchev–Trinajstić information content (AvgIpc) is 2.50. The minimum atomic E-state index is -0.211. The monoisotopic (exact) mass is 273 g/mol. The van der Waals surface area contributed by atoms with Crippen LogP contribution in [0.25, 0.3) is 0 Å². The van der Waals surface area contributed by atoms with Crippen molar-refractivity contribution in [1.82, 2.24) is 5.32 Å². The van der Waals surface area contributed by atoms with Gasteiger partial charge in [-0.2, -0.15) is 0 Å². The van der Waals surface area contributed by atoms with Crippen molar-refractivity contribution in [2.45, 2.75) is 25.4 Å². The van der Waals surface area contributed by atoms with Crippen molar-refractivity contribution in [2.24, 2.45) is 0 Å². The van der Waals surface area contributed by atoms with Gasteiger partial charge in [0.25, 0.3) is 0 Å². The number of hydrogen-bond acceptors (Lipinski definition) is 2. The maximum absolute atomic E-state index is 13.9. The number of aliphatic hydroxyl groups is 1. The second-order valence-electron chi connectivity index (χ2n) is 4.79. The van der Waals surface area contributed by atoms with Crippen LogP contribution in [0.1, 0.15) is 36.6 Å². The summed E-state index contributed by atoms with van der Waals surface area (Å²) in [7, 11) is 0. The quantitative estimate of drug-likeness (QED) is 0.843. The Hall–Kier alpha value is -1.71. The third-order valence-electron chi connectivity index (χ3n) is 3.48. The van der Waals surface area contributed by atoms with Gasteiger partial charge in [0.1, 0.15) is 5.82 Å². The summed E-state index contributed by atoms with van der Waals surface area (Å²) >= 11 is 0. The smallest absolute Gasteiger partial charge is 0.127 e. The minimum absolute atomic E-state index is 0.0189. The first-order valence-electron chi connectivity index (χ1n) is 6.92. The summed E-state index contributed by atoms with van der Waals surface area (Å²) in [6.45, 7) is 1.98. The average molecular weight is 273 g/mol. The van der Waals surface area contributed by atoms with E-state index in [1.54, 1.807) is 12.1 Å². The molecule has 0 saturated carbocycles. The van der Waals surface area contributed by atoms with Gasteiger partial charge < -0.3 is 10.4 Å². The van der Waals surface area contributed by atoms with Gasteiger partial charge in [0, 0.05) is 11.6 Å². The molecule has 2 aromatic rings. The molecule has 0 fully saturated rings. The number of nitrogens with one attached hydrogen (secondary N) is 1. The van der Waals surface area contributed by atoms with Gasteiger partial charge in [-0.15, -0.1) is 0 Å². The molecule has 0 bridgehead atoms. The van der Waals surface area contributed by atoms with Gasteiger partial charge in [-0.1, -0.05) is 55.5 Å². The zero-order valence-electron chi connectivity index (χ0n) is 11.6. The topological polar surface area (TPSA) is 32.3 Å². The lowest BCUT2D eigenvalue weighted by atomic mass is 10.0. The molecule has 0 spiro atoms. The number of benzene rings is 2. The van der Waals surface area contributed by atoms with E-state index in [1.165, 1.54) is 6.07 Å². The molecule has 2 nitrogen and oxygen atoms in total. The molecule has 0 heterocycles. The Morgan fingerprint density at radius 2 is 1.65 bits per heavy atom. The summed E-state index contributed by atoms with van der Waals surface area (Å²) in [6, 6.07) is 16.2. The maximum Gasteiger partial charge on any atom is 0.127 e. The van der Waals surface area contributed by atoms with Crippen LogP contribution < -0.4 is 5.32 Å². The van der Waals surface area contributed by atoms with Crippen molar-refractivity contribution >= 4 is 0 Å². The van der Waals surface area contributed by atoms with Gasteiger partial charge in [0.15, 0.2) is 0 Å². The molecule has 106 valence electrons. The van der Waals surface area contributed by atoms with Gasteiger partial charge in [0.05, 0.1) is 12.6 Å². The predicted octanol–water partition coefficient (Wildman–Crippen LogP) is 3.60. The molecule has 0 aromatic heterocycles. The Morgan fingerprint density at radius 3 is 2.25 bits per heavy atom. The largest absolute Gasteiger partial charge is 0.394 e. The van der Waals surface area contributed by atoms with Crippen molar-refractivity contribution < 1.29 is 9.50 Å². The Morgan fingerprint density at radius 1 is 1.00 bits per heavy atom. The molecule has 2 atom stereocenters. The summed E-state index contributed by atoms with van der Waals surface area (Å²) in [5.41, 5.74) is 1.65. The van der Waals surface area contributed by atoms with E-state index in [0.717, 1.165) is 12.0 Å². The minimum Gasteiger partial charge on any atom is -0.394 e. The highest BCUT2D eigenvalue weighted by Crippen LogP contribution is 2.24. The third kappa shape index (κ3) is 3.44. The Balaban J connectivity index is 2.19. The molecule has 2 rings (SSSR count). The number of halogens is 1. The second-order valence-corrected chi connectivity index (χ2v) is 4.79. The number of aliphatic hydroxyl groups excluding tert-OH is 1. The van der Waals surface area contributed by atoms with Crippen LogP contribution in [0.15, 0.2) is 54.6 Å². The lowest BCUT2D eigenvalue weighted by Crippen LogP contribution is -2.29. The standard InChI is InChI=1S/C17H20FNO/c1-2-16(14-10-6-7-11-15(14)18)19-17(12-20)13-8-4-3-5-9-13/h3-11,16-17,19-20H,2,12H2,1H3/t16?,17-/m1/s1. The van der Waals surface area contributed by atoms with Gasteiger partial charge in [-0.25, -0.2) is 4.39 Å². The summed E-state index contributed by atoms with van der Waals surface area (Å²) in [6.07, 6.45) is 0.754. The van der Waals surface area contributed by atoms with Gasteiger partial charge in [-0.05, 0) is 18.1 Å². The summed E-state index contributed by atoms with van der Waals surface area (Å²) in [5, 5.41) is 12.9. The molecular weight excluding hydrogens is 253 g/mol. The van der Waals surface area contributed by atoms with Crippen LogP contribution in [-0.4, -0.2) is 11.7 Å². The van der Waals surface area contributed by atoms with E-state index in [9.17, 15) is 9.50 Å². The molecule has 3 heteroatoms. The zero-order chi connectivity index (χ0) is 14.4. The lowest BCUT2D eigenvalue weighted by Gasteiger charge is -2.24. The molecule has 2 N–H and O–H groups in total. The van der Waals surface area contributed by atoms with Crippen LogP contribution in [0.5, 0.6) is 0 Å². The van der Waals surface area contributed by atoms with E-state index < -0.39 is 0 Å². The molecule has 0 aliphatic heterocycles. The molecule has 2 aromatic carbocycles. The molecular formula is C17H20FNO. The van der Waals surface area contributed by atoms with E-state index in [0.29, 0.717) is 5.56 Å². The fourth-order valence-corrected chi connectivity index (χ4v) is 2.37. The Kier molecular flexibility index (Phi) is 5.27. The summed E-state index contributed by atoms with van der Waals surface area (Å²) in [5.74, 6) is -0.211. The van der Waals surface area contributed by atoms with Gasteiger partial charge in [0.2, 0.25) is 0 Å². The molecule has 0 aliphatic rings. The maximum atomic E-state index is 13.9. The van der Waals surface area contributed by atoms with E-state index in [-0.39, 0.29) is 24.5 Å². The van der Waals surface area contributed by atoms with Crippen LogP contribution >= 0.6 is 0 Å². The van der Waals surface area contributed by atoms with Crippen molar-refractivity contribution in [3.63, 3.8) is 0 Å². The highest BCUT2D eigenvalue weighted by molar-refractivity contribution is 5.23. The normalized spacial score (nSPS) is 13.9. The molecule has 0 amide bonds. The molecule has 0 saturated heterocycles. The van der Waals surface area contributed by atoms with E-state index in [4.69, 9.17) is 0 Å². The first-order chi connectivity index (χ1) is 9.76. The third-order valence-corrected chi connectivity index (χ3v) is 3.48.